The molecule has 0 heterocycles. The number of rotatable bonds is 5. The van der Waals surface area contributed by atoms with Crippen molar-refractivity contribution in [3.8, 4) is 0 Å². The van der Waals surface area contributed by atoms with Gasteiger partial charge >= 0.3 is 6.03 Å². The Kier molecular flexibility index (Phi) is 5.46. The summed E-state index contributed by atoms with van der Waals surface area (Å²) in [6.45, 7) is 4.98. The highest BCUT2D eigenvalue weighted by Gasteiger charge is 2.03. The molecule has 0 unspecified atom stereocenters. The van der Waals surface area contributed by atoms with Crippen LogP contribution >= 0.6 is 0 Å². The van der Waals surface area contributed by atoms with Crippen molar-refractivity contribution in [1.82, 2.24) is 10.6 Å². The zero-order chi connectivity index (χ0) is 12.7. The second-order valence-corrected chi connectivity index (χ2v) is 4.03. The van der Waals surface area contributed by atoms with Crippen LogP contribution in [-0.2, 0) is 6.54 Å². The highest BCUT2D eigenvalue weighted by Crippen LogP contribution is 2.09. The molecule has 17 heavy (non-hydrogen) atoms. The molecule has 1 aromatic carbocycles. The molecule has 4 heteroatoms. The van der Waals surface area contributed by atoms with E-state index in [9.17, 15) is 9.18 Å². The first-order valence-electron chi connectivity index (χ1n) is 5.90. The van der Waals surface area contributed by atoms with Crippen LogP contribution < -0.4 is 10.6 Å². The first-order chi connectivity index (χ1) is 8.13. The van der Waals surface area contributed by atoms with Gasteiger partial charge < -0.3 is 10.6 Å². The van der Waals surface area contributed by atoms with Gasteiger partial charge in [-0.05, 0) is 36.6 Å². The quantitative estimate of drug-likeness (QED) is 0.761. The Morgan fingerprint density at radius 2 is 2.12 bits per heavy atom. The maximum absolute atomic E-state index is 13.0. The zero-order valence-electron chi connectivity index (χ0n) is 10.3. The normalized spacial score (nSPS) is 10.1. The molecule has 0 bridgehead atoms. The smallest absolute Gasteiger partial charge is 0.315 e. The monoisotopic (exact) mass is 238 g/mol. The first kappa shape index (κ1) is 13.5. The molecule has 0 aliphatic heterocycles. The Morgan fingerprint density at radius 1 is 1.35 bits per heavy atom. The summed E-state index contributed by atoms with van der Waals surface area (Å²) in [7, 11) is 0. The summed E-state index contributed by atoms with van der Waals surface area (Å²) in [5.41, 5.74) is 1.77. The van der Waals surface area contributed by atoms with Crippen molar-refractivity contribution in [2.24, 2.45) is 0 Å². The van der Waals surface area contributed by atoms with E-state index < -0.39 is 0 Å². The van der Waals surface area contributed by atoms with Gasteiger partial charge in [0.25, 0.3) is 0 Å². The standard InChI is InChI=1S/C13H19FN2O/c1-3-4-7-15-13(17)16-9-11-8-12(14)6-5-10(11)2/h5-6,8H,3-4,7,9H2,1-2H3,(H2,15,16,17). The number of nitrogens with one attached hydrogen (secondary N) is 2. The number of amides is 2. The Morgan fingerprint density at radius 3 is 2.82 bits per heavy atom. The summed E-state index contributed by atoms with van der Waals surface area (Å²) in [5.74, 6) is -0.279. The number of hydrogen-bond donors (Lipinski definition) is 2. The van der Waals surface area contributed by atoms with Crippen molar-refractivity contribution in [3.05, 3.63) is 35.1 Å². The third-order valence-corrected chi connectivity index (χ3v) is 2.57. The molecule has 0 atom stereocenters. The molecule has 0 fully saturated rings. The number of benzene rings is 1. The molecule has 0 aromatic heterocycles. The number of aryl methyl sites for hydroxylation is 1. The van der Waals surface area contributed by atoms with Gasteiger partial charge in [-0.15, -0.1) is 0 Å². The molecule has 3 nitrogen and oxygen atoms in total. The van der Waals surface area contributed by atoms with Crippen molar-refractivity contribution in [3.63, 3.8) is 0 Å². The topological polar surface area (TPSA) is 41.1 Å². The molecule has 94 valence electrons. The van der Waals surface area contributed by atoms with E-state index in [2.05, 4.69) is 17.6 Å². The van der Waals surface area contributed by atoms with Crippen LogP contribution in [0.15, 0.2) is 18.2 Å². The number of carbonyl (C=O) groups excluding carboxylic acids is 1. The van der Waals surface area contributed by atoms with E-state index in [0.717, 1.165) is 24.0 Å². The van der Waals surface area contributed by atoms with Crippen molar-refractivity contribution < 1.29 is 9.18 Å². The minimum absolute atomic E-state index is 0.206. The van der Waals surface area contributed by atoms with E-state index in [1.807, 2.05) is 6.92 Å². The first-order valence-corrected chi connectivity index (χ1v) is 5.90. The SMILES string of the molecule is CCCCNC(=O)NCc1cc(F)ccc1C. The van der Waals surface area contributed by atoms with Crippen LogP contribution in [0.4, 0.5) is 9.18 Å². The van der Waals surface area contributed by atoms with Crippen LogP contribution in [0.2, 0.25) is 0 Å². The van der Waals surface area contributed by atoms with Gasteiger partial charge in [0.05, 0.1) is 0 Å². The van der Waals surface area contributed by atoms with Crippen LogP contribution in [0.1, 0.15) is 30.9 Å². The molecule has 1 aromatic rings. The Balaban J connectivity index is 2.39. The van der Waals surface area contributed by atoms with Crippen LogP contribution in [0.25, 0.3) is 0 Å². The van der Waals surface area contributed by atoms with E-state index in [1.54, 1.807) is 6.07 Å². The van der Waals surface area contributed by atoms with Crippen LogP contribution in [0.3, 0.4) is 0 Å². The maximum atomic E-state index is 13.0. The number of urea groups is 1. The molecule has 0 spiro atoms. The van der Waals surface area contributed by atoms with Crippen LogP contribution in [0, 0.1) is 12.7 Å². The lowest BCUT2D eigenvalue weighted by molar-refractivity contribution is 0.240. The largest absolute Gasteiger partial charge is 0.338 e. The summed E-state index contributed by atoms with van der Waals surface area (Å²) in [4.78, 5) is 11.4. The van der Waals surface area contributed by atoms with E-state index >= 15 is 0 Å². The molecule has 0 saturated heterocycles. The molecule has 0 aliphatic carbocycles. The fraction of sp³-hybridized carbons (Fsp3) is 0.462. The molecule has 2 N–H and O–H groups in total. The fourth-order valence-corrected chi connectivity index (χ4v) is 1.45. The summed E-state index contributed by atoms with van der Waals surface area (Å²) in [6.07, 6.45) is 2.01. The highest BCUT2D eigenvalue weighted by molar-refractivity contribution is 5.73. The second kappa shape index (κ2) is 6.89. The number of carbonyl (C=O) groups is 1. The Hall–Kier alpha value is -1.58. The maximum Gasteiger partial charge on any atom is 0.315 e. The fourth-order valence-electron chi connectivity index (χ4n) is 1.45. The molecule has 0 aliphatic rings. The Labute approximate surface area is 101 Å². The molecule has 1 rings (SSSR count). The van der Waals surface area contributed by atoms with Crippen molar-refractivity contribution >= 4 is 6.03 Å². The van der Waals surface area contributed by atoms with Gasteiger partial charge in [0.1, 0.15) is 5.82 Å². The predicted molar refractivity (Wildman–Crippen MR) is 66.3 cm³/mol. The summed E-state index contributed by atoms with van der Waals surface area (Å²) < 4.78 is 13.0. The van der Waals surface area contributed by atoms with Gasteiger partial charge in [0.2, 0.25) is 0 Å². The third kappa shape index (κ3) is 4.85. The molecule has 0 radical (unpaired) electrons. The summed E-state index contributed by atoms with van der Waals surface area (Å²) in [6, 6.07) is 4.37. The minimum Gasteiger partial charge on any atom is -0.338 e. The number of halogens is 1. The van der Waals surface area contributed by atoms with Gasteiger partial charge in [-0.1, -0.05) is 19.4 Å². The van der Waals surface area contributed by atoms with Crippen molar-refractivity contribution in [2.75, 3.05) is 6.54 Å². The van der Waals surface area contributed by atoms with Crippen LogP contribution in [-0.4, -0.2) is 12.6 Å². The van der Waals surface area contributed by atoms with Gasteiger partial charge in [0.15, 0.2) is 0 Å². The summed E-state index contributed by atoms with van der Waals surface area (Å²) >= 11 is 0. The number of unbranched alkanes of at least 4 members (excludes halogenated alkanes) is 1. The van der Waals surface area contributed by atoms with Gasteiger partial charge in [-0.25, -0.2) is 9.18 Å². The van der Waals surface area contributed by atoms with E-state index in [1.165, 1.54) is 12.1 Å². The molecular weight excluding hydrogens is 219 g/mol. The average Bonchev–Trinajstić information content (AvgIpc) is 2.31. The van der Waals surface area contributed by atoms with E-state index in [-0.39, 0.29) is 11.8 Å². The van der Waals surface area contributed by atoms with Gasteiger partial charge in [-0.2, -0.15) is 0 Å². The third-order valence-electron chi connectivity index (χ3n) is 2.57. The molecule has 2 amide bonds. The Bertz CT molecular complexity index is 380. The van der Waals surface area contributed by atoms with Crippen LogP contribution in [0.5, 0.6) is 0 Å². The molecular formula is C13H19FN2O. The number of hydrogen-bond acceptors (Lipinski definition) is 1. The van der Waals surface area contributed by atoms with E-state index in [0.29, 0.717) is 13.1 Å². The van der Waals surface area contributed by atoms with Crippen molar-refractivity contribution in [2.45, 2.75) is 33.2 Å². The van der Waals surface area contributed by atoms with E-state index in [4.69, 9.17) is 0 Å². The molecule has 0 saturated carbocycles. The highest BCUT2D eigenvalue weighted by atomic mass is 19.1. The summed E-state index contributed by atoms with van der Waals surface area (Å²) in [5, 5.41) is 5.45. The van der Waals surface area contributed by atoms with Gasteiger partial charge in [0, 0.05) is 13.1 Å². The minimum atomic E-state index is -0.279. The lowest BCUT2D eigenvalue weighted by atomic mass is 10.1. The second-order valence-electron chi connectivity index (χ2n) is 4.03. The van der Waals surface area contributed by atoms with Gasteiger partial charge in [-0.3, -0.25) is 0 Å². The lowest BCUT2D eigenvalue weighted by Crippen LogP contribution is -2.35. The lowest BCUT2D eigenvalue weighted by Gasteiger charge is -2.09. The predicted octanol–water partition coefficient (Wildman–Crippen LogP) is 2.73. The average molecular weight is 238 g/mol. The zero-order valence-corrected chi connectivity index (χ0v) is 10.3. The van der Waals surface area contributed by atoms with Crippen molar-refractivity contribution in [1.29, 1.82) is 0 Å².